The maximum absolute atomic E-state index is 5.66. The van der Waals surface area contributed by atoms with E-state index in [-0.39, 0.29) is 0 Å². The molecule has 1 saturated carbocycles. The van der Waals surface area contributed by atoms with Gasteiger partial charge < -0.3 is 14.8 Å². The van der Waals surface area contributed by atoms with E-state index in [1.807, 2.05) is 6.07 Å². The van der Waals surface area contributed by atoms with Crippen LogP contribution in [0, 0.1) is 0 Å². The molecule has 2 atom stereocenters. The molecule has 1 aromatic rings. The molecule has 4 heteroatoms. The predicted molar refractivity (Wildman–Crippen MR) is 84.1 cm³/mol. The lowest BCUT2D eigenvalue weighted by atomic mass is 10.1. The molecule has 1 aliphatic carbocycles. The number of hydrogen-bond acceptors (Lipinski definition) is 4. The SMILES string of the molecule is CC(NCC(C)N(C)C1CC1)c1ccc2c(c1)OCCO2. The Kier molecular flexibility index (Phi) is 4.36. The van der Waals surface area contributed by atoms with Crippen LogP contribution in [0.4, 0.5) is 0 Å². The van der Waals surface area contributed by atoms with Crippen LogP contribution < -0.4 is 14.8 Å². The van der Waals surface area contributed by atoms with Crippen LogP contribution in [0.5, 0.6) is 11.5 Å². The number of rotatable bonds is 6. The van der Waals surface area contributed by atoms with E-state index in [0.29, 0.717) is 25.3 Å². The fraction of sp³-hybridized carbons (Fsp3) is 0.647. The lowest BCUT2D eigenvalue weighted by molar-refractivity contribution is 0.171. The van der Waals surface area contributed by atoms with Crippen molar-refractivity contribution in [2.75, 3.05) is 26.8 Å². The van der Waals surface area contributed by atoms with E-state index in [2.05, 4.69) is 43.2 Å². The third-order valence-electron chi connectivity index (χ3n) is 4.60. The van der Waals surface area contributed by atoms with Crippen LogP contribution in [0.15, 0.2) is 18.2 Å². The van der Waals surface area contributed by atoms with Crippen LogP contribution >= 0.6 is 0 Å². The molecular formula is C17H26N2O2. The van der Waals surface area contributed by atoms with Gasteiger partial charge in [0.15, 0.2) is 11.5 Å². The van der Waals surface area contributed by atoms with Gasteiger partial charge in [0.05, 0.1) is 0 Å². The van der Waals surface area contributed by atoms with Crippen molar-refractivity contribution in [1.29, 1.82) is 0 Å². The van der Waals surface area contributed by atoms with E-state index in [9.17, 15) is 0 Å². The minimum Gasteiger partial charge on any atom is -0.486 e. The zero-order valence-corrected chi connectivity index (χ0v) is 13.3. The van der Waals surface area contributed by atoms with Gasteiger partial charge in [-0.15, -0.1) is 0 Å². The summed E-state index contributed by atoms with van der Waals surface area (Å²) in [7, 11) is 2.23. The summed E-state index contributed by atoms with van der Waals surface area (Å²) >= 11 is 0. The van der Waals surface area contributed by atoms with E-state index >= 15 is 0 Å². The Morgan fingerprint density at radius 1 is 1.19 bits per heavy atom. The van der Waals surface area contributed by atoms with E-state index in [4.69, 9.17) is 9.47 Å². The highest BCUT2D eigenvalue weighted by Crippen LogP contribution is 2.32. The van der Waals surface area contributed by atoms with Gasteiger partial charge in [-0.3, -0.25) is 4.90 Å². The molecule has 0 bridgehead atoms. The Bertz CT molecular complexity index is 488. The maximum Gasteiger partial charge on any atom is 0.161 e. The summed E-state index contributed by atoms with van der Waals surface area (Å²) < 4.78 is 11.2. The van der Waals surface area contributed by atoms with Crippen molar-refractivity contribution in [2.45, 2.75) is 44.8 Å². The zero-order chi connectivity index (χ0) is 14.8. The van der Waals surface area contributed by atoms with E-state index in [1.54, 1.807) is 0 Å². The van der Waals surface area contributed by atoms with Crippen molar-refractivity contribution in [3.63, 3.8) is 0 Å². The Labute approximate surface area is 127 Å². The van der Waals surface area contributed by atoms with Crippen LogP contribution in [0.25, 0.3) is 0 Å². The van der Waals surface area contributed by atoms with Crippen LogP contribution in [-0.4, -0.2) is 43.8 Å². The van der Waals surface area contributed by atoms with Crippen molar-refractivity contribution < 1.29 is 9.47 Å². The Morgan fingerprint density at radius 2 is 1.90 bits per heavy atom. The lowest BCUT2D eigenvalue weighted by Crippen LogP contribution is -2.39. The number of hydrogen-bond donors (Lipinski definition) is 1. The molecule has 0 amide bonds. The monoisotopic (exact) mass is 290 g/mol. The number of benzene rings is 1. The van der Waals surface area contributed by atoms with Gasteiger partial charge in [-0.1, -0.05) is 6.07 Å². The van der Waals surface area contributed by atoms with E-state index in [1.165, 1.54) is 18.4 Å². The van der Waals surface area contributed by atoms with Crippen molar-refractivity contribution in [3.8, 4) is 11.5 Å². The molecule has 2 aliphatic rings. The summed E-state index contributed by atoms with van der Waals surface area (Å²) in [5.74, 6) is 1.73. The molecule has 21 heavy (non-hydrogen) atoms. The van der Waals surface area contributed by atoms with E-state index < -0.39 is 0 Å². The van der Waals surface area contributed by atoms with Crippen LogP contribution in [0.3, 0.4) is 0 Å². The molecule has 1 fully saturated rings. The Balaban J connectivity index is 1.56. The highest BCUT2D eigenvalue weighted by atomic mass is 16.6. The second-order valence-corrected chi connectivity index (χ2v) is 6.28. The number of nitrogens with one attached hydrogen (secondary N) is 1. The number of nitrogens with zero attached hydrogens (tertiary/aromatic N) is 1. The van der Waals surface area contributed by atoms with Gasteiger partial charge in [-0.25, -0.2) is 0 Å². The molecule has 1 aliphatic heterocycles. The second-order valence-electron chi connectivity index (χ2n) is 6.28. The average Bonchev–Trinajstić information content (AvgIpc) is 3.35. The first kappa shape index (κ1) is 14.7. The number of ether oxygens (including phenoxy) is 2. The summed E-state index contributed by atoms with van der Waals surface area (Å²) in [6.07, 6.45) is 2.72. The summed E-state index contributed by atoms with van der Waals surface area (Å²) in [6.45, 7) is 6.78. The average molecular weight is 290 g/mol. The maximum atomic E-state index is 5.66. The predicted octanol–water partition coefficient (Wildman–Crippen LogP) is 2.59. The number of likely N-dealkylation sites (N-methyl/N-ethyl adjacent to an activating group) is 1. The molecule has 1 heterocycles. The molecule has 1 N–H and O–H groups in total. The van der Waals surface area contributed by atoms with Crippen molar-refractivity contribution >= 4 is 0 Å². The van der Waals surface area contributed by atoms with Crippen LogP contribution in [0.2, 0.25) is 0 Å². The minimum absolute atomic E-state index is 0.316. The van der Waals surface area contributed by atoms with Gasteiger partial charge in [-0.05, 0) is 51.4 Å². The molecule has 0 saturated heterocycles. The van der Waals surface area contributed by atoms with Crippen molar-refractivity contribution in [1.82, 2.24) is 10.2 Å². The van der Waals surface area contributed by atoms with Gasteiger partial charge in [-0.2, -0.15) is 0 Å². The van der Waals surface area contributed by atoms with Crippen molar-refractivity contribution in [3.05, 3.63) is 23.8 Å². The summed E-state index contributed by atoms with van der Waals surface area (Å²) in [6, 6.07) is 7.93. The Hall–Kier alpha value is -1.26. The van der Waals surface area contributed by atoms with Gasteiger partial charge in [0.2, 0.25) is 0 Å². The Morgan fingerprint density at radius 3 is 2.62 bits per heavy atom. The molecule has 0 spiro atoms. The topological polar surface area (TPSA) is 33.7 Å². The highest BCUT2D eigenvalue weighted by Gasteiger charge is 2.29. The second kappa shape index (κ2) is 6.24. The molecule has 116 valence electrons. The smallest absolute Gasteiger partial charge is 0.161 e. The normalized spacial score (nSPS) is 20.4. The number of fused-ring (bicyclic) bond motifs is 1. The lowest BCUT2D eigenvalue weighted by Gasteiger charge is -2.27. The molecule has 2 unspecified atom stereocenters. The fourth-order valence-electron chi connectivity index (χ4n) is 2.78. The molecular weight excluding hydrogens is 264 g/mol. The van der Waals surface area contributed by atoms with Gasteiger partial charge in [0.1, 0.15) is 13.2 Å². The molecule has 4 nitrogen and oxygen atoms in total. The third kappa shape index (κ3) is 3.50. The summed E-state index contributed by atoms with van der Waals surface area (Å²) in [5, 5.41) is 3.63. The molecule has 1 aromatic carbocycles. The van der Waals surface area contributed by atoms with Gasteiger partial charge in [0.25, 0.3) is 0 Å². The minimum atomic E-state index is 0.316. The van der Waals surface area contributed by atoms with Gasteiger partial charge in [0, 0.05) is 24.7 Å². The van der Waals surface area contributed by atoms with Gasteiger partial charge >= 0.3 is 0 Å². The fourth-order valence-corrected chi connectivity index (χ4v) is 2.78. The zero-order valence-electron chi connectivity index (χ0n) is 13.3. The quantitative estimate of drug-likeness (QED) is 0.873. The van der Waals surface area contributed by atoms with Crippen LogP contribution in [-0.2, 0) is 0 Å². The largest absolute Gasteiger partial charge is 0.486 e. The highest BCUT2D eigenvalue weighted by molar-refractivity contribution is 5.44. The molecule has 0 aromatic heterocycles. The van der Waals surface area contributed by atoms with E-state index in [0.717, 1.165) is 24.1 Å². The summed E-state index contributed by atoms with van der Waals surface area (Å²) in [4.78, 5) is 2.49. The first-order valence-electron chi connectivity index (χ1n) is 8.00. The third-order valence-corrected chi connectivity index (χ3v) is 4.60. The summed E-state index contributed by atoms with van der Waals surface area (Å²) in [5.41, 5.74) is 1.25. The van der Waals surface area contributed by atoms with Crippen molar-refractivity contribution in [2.24, 2.45) is 0 Å². The first-order chi connectivity index (χ1) is 10.1. The first-order valence-corrected chi connectivity index (χ1v) is 8.00. The molecule has 3 rings (SSSR count). The molecule has 0 radical (unpaired) electrons. The standard InChI is InChI=1S/C17H26N2O2/c1-12(19(3)15-5-6-15)11-18-13(2)14-4-7-16-17(10-14)21-9-8-20-16/h4,7,10,12-13,15,18H,5-6,8-9,11H2,1-3H3. The van der Waals surface area contributed by atoms with Crippen LogP contribution in [0.1, 0.15) is 38.3 Å².